The molecular formula is C56H53Cl7N6O5S3. The van der Waals surface area contributed by atoms with Crippen molar-refractivity contribution in [1.82, 2.24) is 28.5 Å². The predicted molar refractivity (Wildman–Crippen MR) is 321 cm³/mol. The van der Waals surface area contributed by atoms with Gasteiger partial charge in [-0.1, -0.05) is 106 Å². The van der Waals surface area contributed by atoms with Crippen molar-refractivity contribution in [3.63, 3.8) is 0 Å². The lowest BCUT2D eigenvalue weighted by Gasteiger charge is -2.26. The van der Waals surface area contributed by atoms with Crippen LogP contribution in [0.3, 0.4) is 0 Å². The second-order valence-corrected chi connectivity index (χ2v) is 24.2. The first kappa shape index (κ1) is 57.9. The van der Waals surface area contributed by atoms with Gasteiger partial charge in [-0.25, -0.2) is 4.98 Å². The molecule has 6 aromatic heterocycles. The molecule has 0 atom stereocenters. The van der Waals surface area contributed by atoms with Gasteiger partial charge in [-0.3, -0.25) is 24.2 Å². The number of rotatable bonds is 14. The van der Waals surface area contributed by atoms with Gasteiger partial charge in [0.05, 0.1) is 87.8 Å². The lowest BCUT2D eigenvalue weighted by Crippen LogP contribution is -2.38. The fourth-order valence-electron chi connectivity index (χ4n) is 9.91. The molecule has 2 aliphatic heterocycles. The standard InChI is InChI=1S/C20H19Cl3N2O2S.C19H19Cl2N3O2S.C17H15Cl2NOS/c1-12-17(19(26)13-3-2-4-15(21)18(13)23)14-11-16(22)28-20(14)25(12)6-5-24-7-9-27-10-8-24;1-12-15(17(25)13-3-2-4-14(20)16(13)21)18-19(22-11-27-18)24(12)6-5-23-7-9-26-10-8-23;1-3-8-20-10(2)14(11-7-9-22-17(11)20)16(21)12-5-4-6-13(18)15(12)19/h2-4,11H,5-10H2,1H3;2-4,11H,5-10H2,1H3;4-7,9H,3,8H2,1-2H3. The minimum absolute atomic E-state index is 0.0664. The summed E-state index contributed by atoms with van der Waals surface area (Å²) in [5, 5.41) is 5.94. The highest BCUT2D eigenvalue weighted by atomic mass is 35.5. The van der Waals surface area contributed by atoms with Gasteiger partial charge < -0.3 is 23.2 Å². The monoisotopic (exact) mass is 1230 g/mol. The van der Waals surface area contributed by atoms with E-state index in [1.165, 1.54) is 22.7 Å². The number of ether oxygens (including phenoxy) is 2. The highest BCUT2D eigenvalue weighted by molar-refractivity contribution is 7.22. The van der Waals surface area contributed by atoms with Crippen molar-refractivity contribution in [1.29, 1.82) is 0 Å². The van der Waals surface area contributed by atoms with Gasteiger partial charge in [0.1, 0.15) is 9.66 Å². The molecule has 9 aromatic rings. The number of halogens is 7. The van der Waals surface area contributed by atoms with Crippen molar-refractivity contribution < 1.29 is 23.9 Å². The summed E-state index contributed by atoms with van der Waals surface area (Å²) in [4.78, 5) is 51.0. The fourth-order valence-corrected chi connectivity index (χ4v) is 14.2. The summed E-state index contributed by atoms with van der Waals surface area (Å²) in [6.45, 7) is 19.1. The molecule has 2 aliphatic rings. The summed E-state index contributed by atoms with van der Waals surface area (Å²) >= 11 is 48.1. The number of ketones is 3. The largest absolute Gasteiger partial charge is 0.379 e. The Labute approximate surface area is 493 Å². The number of nitrogens with zero attached hydrogens (tertiary/aromatic N) is 6. The number of hydrogen-bond acceptors (Lipinski definition) is 11. The molecule has 0 radical (unpaired) electrons. The average Bonchev–Trinajstić information content (AvgIpc) is 4.40. The molecule has 404 valence electrons. The normalized spacial score (nSPS) is 14.3. The Morgan fingerprint density at radius 3 is 1.51 bits per heavy atom. The molecule has 11 rings (SSSR count). The third kappa shape index (κ3) is 12.1. The van der Waals surface area contributed by atoms with Crippen molar-refractivity contribution in [3.05, 3.63) is 163 Å². The van der Waals surface area contributed by atoms with E-state index in [2.05, 4.69) is 35.4 Å². The van der Waals surface area contributed by atoms with Crippen LogP contribution in [0, 0.1) is 20.8 Å². The van der Waals surface area contributed by atoms with Crippen molar-refractivity contribution >= 4 is 163 Å². The van der Waals surface area contributed by atoms with E-state index in [0.717, 1.165) is 145 Å². The fraction of sp³-hybridized carbons (Fsp3) is 0.321. The average molecular weight is 1230 g/mol. The van der Waals surface area contributed by atoms with Gasteiger partial charge >= 0.3 is 0 Å². The molecule has 0 bridgehead atoms. The van der Waals surface area contributed by atoms with Crippen molar-refractivity contribution in [2.45, 2.75) is 53.8 Å². The molecule has 21 heteroatoms. The van der Waals surface area contributed by atoms with Gasteiger partial charge in [0.25, 0.3) is 0 Å². The number of aromatic nitrogens is 4. The zero-order valence-corrected chi connectivity index (χ0v) is 50.2. The smallest absolute Gasteiger partial charge is 0.197 e. The summed E-state index contributed by atoms with van der Waals surface area (Å²) in [7, 11) is 0. The second kappa shape index (κ2) is 25.8. The van der Waals surface area contributed by atoms with Crippen LogP contribution in [0.25, 0.3) is 30.8 Å². The summed E-state index contributed by atoms with van der Waals surface area (Å²) in [5.74, 6) is -0.308. The quantitative estimate of drug-likeness (QED) is 0.0992. The second-order valence-electron chi connectivity index (χ2n) is 18.4. The van der Waals surface area contributed by atoms with Gasteiger partial charge in [-0.15, -0.1) is 34.0 Å². The van der Waals surface area contributed by atoms with Crippen LogP contribution < -0.4 is 0 Å². The van der Waals surface area contributed by atoms with Crippen LogP contribution in [-0.2, 0) is 29.1 Å². The van der Waals surface area contributed by atoms with Crippen LogP contribution in [0.1, 0.15) is 78.2 Å². The molecule has 0 N–H and O–H groups in total. The number of fused-ring (bicyclic) bond motifs is 3. The van der Waals surface area contributed by atoms with Crippen LogP contribution >= 0.6 is 115 Å². The number of aryl methyl sites for hydroxylation is 1. The highest BCUT2D eigenvalue weighted by Gasteiger charge is 2.28. The third-order valence-electron chi connectivity index (χ3n) is 13.9. The van der Waals surface area contributed by atoms with Crippen LogP contribution in [0.15, 0.2) is 77.6 Å². The maximum atomic E-state index is 13.4. The molecule has 0 amide bonds. The summed E-state index contributed by atoms with van der Waals surface area (Å²) in [6.07, 6.45) is 1.02. The lowest BCUT2D eigenvalue weighted by molar-refractivity contribution is 0.0364. The van der Waals surface area contributed by atoms with Gasteiger partial charge in [-0.2, -0.15) is 0 Å². The maximum Gasteiger partial charge on any atom is 0.197 e. The van der Waals surface area contributed by atoms with Crippen LogP contribution in [0.2, 0.25) is 34.5 Å². The number of hydrogen-bond donors (Lipinski definition) is 0. The molecule has 3 aromatic carbocycles. The van der Waals surface area contributed by atoms with E-state index in [1.807, 2.05) is 38.3 Å². The number of carbonyl (C=O) groups excluding carboxylic acids is 3. The van der Waals surface area contributed by atoms with E-state index in [0.29, 0.717) is 57.3 Å². The number of carbonyl (C=O) groups is 3. The number of benzene rings is 3. The highest BCUT2D eigenvalue weighted by Crippen LogP contribution is 2.40. The van der Waals surface area contributed by atoms with E-state index < -0.39 is 0 Å². The zero-order chi connectivity index (χ0) is 54.7. The van der Waals surface area contributed by atoms with Crippen molar-refractivity contribution in [2.24, 2.45) is 0 Å². The topological polar surface area (TPSA) is 104 Å². The molecule has 2 fully saturated rings. The Morgan fingerprint density at radius 2 is 1.00 bits per heavy atom. The van der Waals surface area contributed by atoms with E-state index in [1.54, 1.807) is 71.4 Å². The first-order valence-corrected chi connectivity index (χ1v) is 30.2. The number of thiazole rings is 1. The molecule has 0 aliphatic carbocycles. The summed E-state index contributed by atoms with van der Waals surface area (Å²) in [5.41, 5.74) is 8.80. The SMILES string of the molecule is CCCn1c(C)c(C(=O)c2cccc(Cl)c2Cl)c2ccsc21.Cc1c(C(=O)c2cccc(Cl)c2Cl)c2cc(Cl)sc2n1CCN1CCOCC1.Cc1c(C(=O)c2cccc(Cl)c2Cl)c2scnc2n1CCN1CCOCC1. The summed E-state index contributed by atoms with van der Waals surface area (Å²) in [6, 6.07) is 19.3. The molecule has 0 saturated carbocycles. The molecule has 11 nitrogen and oxygen atoms in total. The molecule has 0 spiro atoms. The predicted octanol–water partition coefficient (Wildman–Crippen LogP) is 15.8. The maximum absolute atomic E-state index is 13.4. The van der Waals surface area contributed by atoms with Crippen molar-refractivity contribution in [2.75, 3.05) is 65.7 Å². The minimum Gasteiger partial charge on any atom is -0.379 e. The van der Waals surface area contributed by atoms with Gasteiger partial charge in [0, 0.05) is 103 Å². The van der Waals surface area contributed by atoms with Crippen LogP contribution in [-0.4, -0.2) is 112 Å². The number of thiophene rings is 2. The number of morpholine rings is 2. The zero-order valence-electron chi connectivity index (χ0n) is 42.5. The third-order valence-corrected chi connectivity index (χ3v) is 19.4. The summed E-state index contributed by atoms with van der Waals surface area (Å²) < 4.78 is 18.9. The Morgan fingerprint density at radius 1 is 0.545 bits per heavy atom. The van der Waals surface area contributed by atoms with Gasteiger partial charge in [0.15, 0.2) is 23.0 Å². The van der Waals surface area contributed by atoms with Gasteiger partial charge in [0.2, 0.25) is 0 Å². The van der Waals surface area contributed by atoms with E-state index in [9.17, 15) is 14.4 Å². The van der Waals surface area contributed by atoms with Crippen molar-refractivity contribution in [3.8, 4) is 0 Å². The lowest BCUT2D eigenvalue weighted by atomic mass is 10.0. The van der Waals surface area contributed by atoms with E-state index in [-0.39, 0.29) is 22.4 Å². The first-order valence-electron chi connectivity index (χ1n) is 24.9. The Balaban J connectivity index is 0.000000142. The van der Waals surface area contributed by atoms with Gasteiger partial charge in [-0.05, 0) is 81.1 Å². The Hall–Kier alpha value is -3.81. The van der Waals surface area contributed by atoms with Crippen LogP contribution in [0.4, 0.5) is 0 Å². The molecular weight excluding hydrogens is 1180 g/mol. The molecule has 2 saturated heterocycles. The Kier molecular flexibility index (Phi) is 19.4. The first-order chi connectivity index (χ1) is 37.1. The van der Waals surface area contributed by atoms with E-state index >= 15 is 0 Å². The van der Waals surface area contributed by atoms with E-state index in [4.69, 9.17) is 90.7 Å². The molecule has 0 unspecified atom stereocenters. The van der Waals surface area contributed by atoms with Crippen LogP contribution in [0.5, 0.6) is 0 Å². The molecule has 77 heavy (non-hydrogen) atoms. The Bertz CT molecular complexity index is 3640. The molecule has 8 heterocycles. The minimum atomic E-state index is -0.130.